The molecule has 0 saturated heterocycles. The van der Waals surface area contributed by atoms with Crippen molar-refractivity contribution >= 4 is 35.0 Å². The smallest absolute Gasteiger partial charge is 0.306 e. The van der Waals surface area contributed by atoms with E-state index in [-0.39, 0.29) is 6.03 Å². The van der Waals surface area contributed by atoms with Crippen molar-refractivity contribution in [3.05, 3.63) is 63.8 Å². The molecule has 32 heavy (non-hydrogen) atoms. The van der Waals surface area contributed by atoms with E-state index in [1.54, 1.807) is 23.6 Å². The van der Waals surface area contributed by atoms with E-state index in [0.29, 0.717) is 5.69 Å². The van der Waals surface area contributed by atoms with Crippen LogP contribution in [0.4, 0.5) is 10.5 Å². The third kappa shape index (κ3) is 4.24. The number of urea groups is 1. The number of carbonyl (C=O) groups is 1. The van der Waals surface area contributed by atoms with Gasteiger partial charge in [0.25, 0.3) is 0 Å². The van der Waals surface area contributed by atoms with Gasteiger partial charge in [-0.05, 0) is 85.1 Å². The van der Waals surface area contributed by atoms with Crippen LogP contribution < -0.4 is 10.0 Å². The van der Waals surface area contributed by atoms with Gasteiger partial charge in [-0.1, -0.05) is 12.1 Å². The highest BCUT2D eigenvalue weighted by Crippen LogP contribution is 2.38. The Morgan fingerprint density at radius 3 is 3.00 bits per heavy atom. The zero-order valence-electron chi connectivity index (χ0n) is 17.8. The molecule has 1 aliphatic heterocycles. The molecule has 6 nitrogen and oxygen atoms in total. The number of nitrogens with zero attached hydrogens (tertiary/aromatic N) is 3. The molecule has 0 radical (unpaired) electrons. The molecule has 3 heterocycles. The summed E-state index contributed by atoms with van der Waals surface area (Å²) in [7, 11) is 2.14. The molecule has 1 aromatic carbocycles. The molecule has 0 saturated carbocycles. The molecule has 0 atom stereocenters. The molecule has 2 amide bonds. The summed E-state index contributed by atoms with van der Waals surface area (Å²) in [6.45, 7) is 2.05. The second-order valence-corrected chi connectivity index (χ2v) is 10.4. The number of nitriles is 1. The number of hydrogen-bond donors (Lipinski definition) is 2. The second kappa shape index (κ2) is 8.94. The molecule has 0 bridgehead atoms. The van der Waals surface area contributed by atoms with Crippen LogP contribution in [-0.2, 0) is 25.8 Å². The summed E-state index contributed by atoms with van der Waals surface area (Å²) in [5.41, 5.74) is 6.82. The SMILES string of the molecule is CN1CCc2sc(SNC(=O)Nc3c(-c4ccnc(C#N)c4)ccc4c3CCC4)cc2C1. The van der Waals surface area contributed by atoms with Crippen molar-refractivity contribution in [2.75, 3.05) is 18.9 Å². The predicted octanol–water partition coefficient (Wildman–Crippen LogP) is 4.99. The Kier molecular flexibility index (Phi) is 5.87. The minimum atomic E-state index is -0.241. The molecule has 0 unspecified atom stereocenters. The van der Waals surface area contributed by atoms with Gasteiger partial charge in [0.1, 0.15) is 11.8 Å². The quantitative estimate of drug-likeness (QED) is 0.535. The molecule has 0 spiro atoms. The predicted molar refractivity (Wildman–Crippen MR) is 129 cm³/mol. The van der Waals surface area contributed by atoms with E-state index in [9.17, 15) is 10.1 Å². The summed E-state index contributed by atoms with van der Waals surface area (Å²) < 4.78 is 4.06. The van der Waals surface area contributed by atoms with E-state index >= 15 is 0 Å². The average molecular weight is 462 g/mol. The number of aromatic nitrogens is 1. The number of benzene rings is 1. The molecule has 3 aromatic rings. The number of amides is 2. The van der Waals surface area contributed by atoms with Crippen molar-refractivity contribution in [2.24, 2.45) is 0 Å². The van der Waals surface area contributed by atoms with Crippen LogP contribution in [0.3, 0.4) is 0 Å². The summed E-state index contributed by atoms with van der Waals surface area (Å²) >= 11 is 3.13. The first-order valence-corrected chi connectivity index (χ1v) is 12.3. The third-order valence-corrected chi connectivity index (χ3v) is 8.12. The normalized spacial score (nSPS) is 15.0. The van der Waals surface area contributed by atoms with E-state index in [2.05, 4.69) is 45.2 Å². The van der Waals surface area contributed by atoms with Gasteiger partial charge in [0.2, 0.25) is 0 Å². The van der Waals surface area contributed by atoms with Crippen LogP contribution in [0.25, 0.3) is 11.1 Å². The molecular formula is C24H23N5OS2. The fraction of sp³-hybridized carbons (Fsp3) is 0.292. The van der Waals surface area contributed by atoms with Crippen molar-refractivity contribution in [1.29, 1.82) is 5.26 Å². The van der Waals surface area contributed by atoms with Gasteiger partial charge in [-0.25, -0.2) is 9.78 Å². The Balaban J connectivity index is 1.36. The summed E-state index contributed by atoms with van der Waals surface area (Å²) in [5.74, 6) is 0. The second-order valence-electron chi connectivity index (χ2n) is 8.18. The van der Waals surface area contributed by atoms with Gasteiger partial charge >= 0.3 is 6.03 Å². The lowest BCUT2D eigenvalue weighted by Crippen LogP contribution is -2.25. The Bertz CT molecular complexity index is 1230. The zero-order chi connectivity index (χ0) is 22.1. The number of aryl methyl sites for hydroxylation is 1. The Hall–Kier alpha value is -2.86. The lowest BCUT2D eigenvalue weighted by Gasteiger charge is -2.21. The van der Waals surface area contributed by atoms with E-state index in [0.717, 1.165) is 59.8 Å². The van der Waals surface area contributed by atoms with Crippen LogP contribution in [0.2, 0.25) is 0 Å². The van der Waals surface area contributed by atoms with E-state index in [1.165, 1.54) is 33.5 Å². The topological polar surface area (TPSA) is 81.1 Å². The lowest BCUT2D eigenvalue weighted by molar-refractivity contribution is 0.257. The average Bonchev–Trinajstić information content (AvgIpc) is 3.44. The minimum absolute atomic E-state index is 0.241. The van der Waals surface area contributed by atoms with E-state index in [1.807, 2.05) is 12.1 Å². The van der Waals surface area contributed by atoms with Crippen LogP contribution in [0.5, 0.6) is 0 Å². The van der Waals surface area contributed by atoms with Crippen LogP contribution >= 0.6 is 23.3 Å². The van der Waals surface area contributed by atoms with Crippen molar-refractivity contribution in [2.45, 2.75) is 36.4 Å². The number of pyridine rings is 1. The van der Waals surface area contributed by atoms with Gasteiger partial charge in [0.15, 0.2) is 0 Å². The fourth-order valence-corrected chi connectivity index (χ4v) is 6.37. The van der Waals surface area contributed by atoms with Crippen LogP contribution in [0.1, 0.15) is 33.7 Å². The first-order chi connectivity index (χ1) is 15.6. The Morgan fingerprint density at radius 2 is 2.12 bits per heavy atom. The number of nitrogens with one attached hydrogen (secondary N) is 2. The molecule has 1 aliphatic carbocycles. The Labute approximate surface area is 195 Å². The lowest BCUT2D eigenvalue weighted by atomic mass is 9.97. The number of thiophene rings is 1. The maximum atomic E-state index is 12.9. The van der Waals surface area contributed by atoms with Gasteiger partial charge in [-0.2, -0.15) is 5.26 Å². The number of hydrogen-bond acceptors (Lipinski definition) is 6. The molecule has 2 N–H and O–H groups in total. The molecule has 5 rings (SSSR count). The van der Waals surface area contributed by atoms with E-state index in [4.69, 9.17) is 0 Å². The van der Waals surface area contributed by atoms with Crippen molar-refractivity contribution in [3.63, 3.8) is 0 Å². The number of likely N-dealkylation sites (N-methyl/N-ethyl adjacent to an activating group) is 1. The molecule has 0 fully saturated rings. The number of fused-ring (bicyclic) bond motifs is 2. The highest BCUT2D eigenvalue weighted by Gasteiger charge is 2.21. The maximum absolute atomic E-state index is 12.9. The van der Waals surface area contributed by atoms with Crippen molar-refractivity contribution < 1.29 is 4.79 Å². The first-order valence-electron chi connectivity index (χ1n) is 10.7. The van der Waals surface area contributed by atoms with Crippen LogP contribution in [0.15, 0.2) is 40.7 Å². The van der Waals surface area contributed by atoms with Gasteiger partial charge in [0.05, 0.1) is 9.90 Å². The largest absolute Gasteiger partial charge is 0.329 e. The van der Waals surface area contributed by atoms with Gasteiger partial charge in [-0.3, -0.25) is 4.72 Å². The van der Waals surface area contributed by atoms with Gasteiger partial charge in [-0.15, -0.1) is 11.3 Å². The molecule has 8 heteroatoms. The summed E-state index contributed by atoms with van der Waals surface area (Å²) in [4.78, 5) is 20.7. The zero-order valence-corrected chi connectivity index (χ0v) is 19.4. The monoisotopic (exact) mass is 461 g/mol. The summed E-state index contributed by atoms with van der Waals surface area (Å²) in [6.07, 6.45) is 5.75. The molecule has 162 valence electrons. The number of anilines is 1. The fourth-order valence-electron chi connectivity index (χ4n) is 4.44. The number of carbonyl (C=O) groups excluding carboxylic acids is 1. The minimum Gasteiger partial charge on any atom is -0.306 e. The molecule has 2 aromatic heterocycles. The summed E-state index contributed by atoms with van der Waals surface area (Å²) in [5, 5.41) is 12.3. The van der Waals surface area contributed by atoms with Crippen molar-refractivity contribution in [3.8, 4) is 17.2 Å². The molecular weight excluding hydrogens is 438 g/mol. The standard InChI is InChI=1S/C24H23N5OS2/c1-29-10-8-21-17(14-29)12-22(31-21)32-28-24(30)27-23-19-4-2-3-15(19)5-6-20(23)16-7-9-26-18(11-16)13-25/h5-7,9,11-12H,2-4,8,10,14H2,1H3,(H2,27,28,30). The van der Waals surface area contributed by atoms with Crippen molar-refractivity contribution in [1.82, 2.24) is 14.6 Å². The van der Waals surface area contributed by atoms with Crippen LogP contribution in [-0.4, -0.2) is 29.5 Å². The van der Waals surface area contributed by atoms with Gasteiger partial charge < -0.3 is 10.2 Å². The summed E-state index contributed by atoms with van der Waals surface area (Å²) in [6, 6.07) is 11.9. The Morgan fingerprint density at radius 1 is 1.22 bits per heavy atom. The maximum Gasteiger partial charge on any atom is 0.329 e. The first kappa shape index (κ1) is 21.0. The highest BCUT2D eigenvalue weighted by atomic mass is 32.2. The third-order valence-electron chi connectivity index (χ3n) is 5.99. The highest BCUT2D eigenvalue weighted by molar-refractivity contribution is 7.99. The van der Waals surface area contributed by atoms with Crippen LogP contribution in [0, 0.1) is 11.3 Å². The van der Waals surface area contributed by atoms with Gasteiger partial charge in [0, 0.05) is 29.7 Å². The van der Waals surface area contributed by atoms with E-state index < -0.39 is 0 Å². The molecule has 2 aliphatic rings. The number of rotatable bonds is 4.